The summed E-state index contributed by atoms with van der Waals surface area (Å²) in [5.74, 6) is 0. The molecular weight excluding hydrogens is 276 g/mol. The topological polar surface area (TPSA) is 44.4 Å². The van der Waals surface area contributed by atoms with Crippen LogP contribution in [0.15, 0.2) is 12.4 Å². The molecule has 0 unspecified atom stereocenters. The Hall–Kier alpha value is -0.910. The van der Waals surface area contributed by atoms with Crippen molar-refractivity contribution in [3.8, 4) is 0 Å². The fraction of sp³-hybridized carbons (Fsp3) is 0.824. The van der Waals surface area contributed by atoms with Gasteiger partial charge in [-0.1, -0.05) is 19.3 Å². The summed E-state index contributed by atoms with van der Waals surface area (Å²) in [6, 6.07) is 0. The SMILES string of the molecule is CN(CCc1cn[nH]c1)CC1(N2CCOCC2)CCCCC1. The molecule has 2 aliphatic rings. The van der Waals surface area contributed by atoms with Gasteiger partial charge in [0.2, 0.25) is 0 Å². The molecule has 0 aromatic carbocycles. The number of aromatic nitrogens is 2. The van der Waals surface area contributed by atoms with Crippen LogP contribution in [0.4, 0.5) is 0 Å². The molecule has 1 N–H and O–H groups in total. The summed E-state index contributed by atoms with van der Waals surface area (Å²) in [6.45, 7) is 6.31. The van der Waals surface area contributed by atoms with E-state index in [0.29, 0.717) is 5.54 Å². The monoisotopic (exact) mass is 306 g/mol. The molecule has 124 valence electrons. The Labute approximate surface area is 134 Å². The highest BCUT2D eigenvalue weighted by Gasteiger charge is 2.39. The molecule has 1 aromatic heterocycles. The first-order valence-electron chi connectivity index (χ1n) is 8.78. The van der Waals surface area contributed by atoms with Crippen LogP contribution >= 0.6 is 0 Å². The third-order valence-corrected chi connectivity index (χ3v) is 5.37. The van der Waals surface area contributed by atoms with Crippen molar-refractivity contribution in [1.82, 2.24) is 20.0 Å². The van der Waals surface area contributed by atoms with Crippen LogP contribution in [0.25, 0.3) is 0 Å². The standard InChI is InChI=1S/C17H30N4O/c1-20(8-5-16-13-18-19-14-16)15-17(6-3-2-4-7-17)21-9-11-22-12-10-21/h13-14H,2-12,15H2,1H3,(H,18,19). The Kier molecular flexibility index (Phi) is 5.50. The van der Waals surface area contributed by atoms with Crippen LogP contribution in [0.5, 0.6) is 0 Å². The lowest BCUT2D eigenvalue weighted by atomic mass is 9.79. The van der Waals surface area contributed by atoms with Gasteiger partial charge in [0.05, 0.1) is 19.4 Å². The zero-order valence-corrected chi connectivity index (χ0v) is 13.9. The quantitative estimate of drug-likeness (QED) is 0.872. The van der Waals surface area contributed by atoms with Crippen LogP contribution in [0, 0.1) is 0 Å². The summed E-state index contributed by atoms with van der Waals surface area (Å²) < 4.78 is 5.57. The molecule has 5 heteroatoms. The Morgan fingerprint density at radius 2 is 2.05 bits per heavy atom. The second-order valence-electron chi connectivity index (χ2n) is 6.98. The number of aromatic amines is 1. The van der Waals surface area contributed by atoms with Gasteiger partial charge >= 0.3 is 0 Å². The van der Waals surface area contributed by atoms with Gasteiger partial charge in [-0.25, -0.2) is 0 Å². The van der Waals surface area contributed by atoms with Gasteiger partial charge in [0.15, 0.2) is 0 Å². The van der Waals surface area contributed by atoms with E-state index in [2.05, 4.69) is 27.0 Å². The number of hydrogen-bond acceptors (Lipinski definition) is 4. The number of ether oxygens (including phenoxy) is 1. The van der Waals surface area contributed by atoms with Gasteiger partial charge < -0.3 is 9.64 Å². The van der Waals surface area contributed by atoms with Crippen molar-refractivity contribution >= 4 is 0 Å². The van der Waals surface area contributed by atoms with Crippen molar-refractivity contribution in [2.75, 3.05) is 46.4 Å². The van der Waals surface area contributed by atoms with Crippen molar-refractivity contribution in [1.29, 1.82) is 0 Å². The molecule has 0 spiro atoms. The fourth-order valence-electron chi connectivity index (χ4n) is 4.14. The Balaban J connectivity index is 1.58. The van der Waals surface area contributed by atoms with E-state index >= 15 is 0 Å². The number of nitrogens with one attached hydrogen (secondary N) is 1. The minimum absolute atomic E-state index is 0.382. The second kappa shape index (κ2) is 7.57. The molecule has 3 rings (SSSR count). The van der Waals surface area contributed by atoms with E-state index in [9.17, 15) is 0 Å². The third-order valence-electron chi connectivity index (χ3n) is 5.37. The zero-order chi connectivity index (χ0) is 15.3. The predicted octanol–water partition coefficient (Wildman–Crippen LogP) is 1.92. The molecule has 0 radical (unpaired) electrons. The molecular formula is C17H30N4O. The van der Waals surface area contributed by atoms with Crippen LogP contribution in [-0.2, 0) is 11.2 Å². The lowest BCUT2D eigenvalue weighted by molar-refractivity contribution is -0.0482. The van der Waals surface area contributed by atoms with Crippen LogP contribution in [0.1, 0.15) is 37.7 Å². The Morgan fingerprint density at radius 1 is 1.27 bits per heavy atom. The van der Waals surface area contributed by atoms with Gasteiger partial charge in [-0.2, -0.15) is 5.10 Å². The number of hydrogen-bond donors (Lipinski definition) is 1. The Bertz CT molecular complexity index is 422. The van der Waals surface area contributed by atoms with E-state index in [1.54, 1.807) is 0 Å². The molecule has 2 fully saturated rings. The maximum Gasteiger partial charge on any atom is 0.0594 e. The molecule has 1 saturated carbocycles. The molecule has 0 bridgehead atoms. The first-order valence-corrected chi connectivity index (χ1v) is 8.78. The minimum atomic E-state index is 0.382. The smallest absolute Gasteiger partial charge is 0.0594 e. The number of H-pyrrole nitrogens is 1. The van der Waals surface area contributed by atoms with Gasteiger partial charge in [0.1, 0.15) is 0 Å². The first-order chi connectivity index (χ1) is 10.8. The van der Waals surface area contributed by atoms with Gasteiger partial charge in [-0.05, 0) is 31.9 Å². The third kappa shape index (κ3) is 3.89. The molecule has 0 amide bonds. The second-order valence-corrected chi connectivity index (χ2v) is 6.98. The summed E-state index contributed by atoms with van der Waals surface area (Å²) in [5, 5.41) is 6.94. The van der Waals surface area contributed by atoms with Crippen LogP contribution < -0.4 is 0 Å². The number of rotatable bonds is 6. The molecule has 1 saturated heterocycles. The molecule has 1 aliphatic heterocycles. The van der Waals surface area contributed by atoms with Crippen molar-refractivity contribution < 1.29 is 4.74 Å². The number of nitrogens with zero attached hydrogens (tertiary/aromatic N) is 3. The van der Waals surface area contributed by atoms with Gasteiger partial charge in [-0.3, -0.25) is 10.00 Å². The summed E-state index contributed by atoms with van der Waals surface area (Å²) in [7, 11) is 2.27. The first kappa shape index (κ1) is 16.0. The number of morpholine rings is 1. The summed E-state index contributed by atoms with van der Waals surface area (Å²) in [6.07, 6.45) is 11.9. The van der Waals surface area contributed by atoms with Crippen molar-refractivity contribution in [3.63, 3.8) is 0 Å². The predicted molar refractivity (Wildman–Crippen MR) is 88.0 cm³/mol. The average Bonchev–Trinajstić information content (AvgIpc) is 3.08. The minimum Gasteiger partial charge on any atom is -0.379 e. The van der Waals surface area contributed by atoms with E-state index < -0.39 is 0 Å². The molecule has 1 aromatic rings. The Morgan fingerprint density at radius 3 is 2.73 bits per heavy atom. The van der Waals surface area contributed by atoms with Gasteiger partial charge in [0.25, 0.3) is 0 Å². The van der Waals surface area contributed by atoms with Gasteiger partial charge in [0, 0.05) is 37.9 Å². The lowest BCUT2D eigenvalue weighted by Crippen LogP contribution is -2.59. The lowest BCUT2D eigenvalue weighted by Gasteiger charge is -2.49. The van der Waals surface area contributed by atoms with Gasteiger partial charge in [-0.15, -0.1) is 0 Å². The largest absolute Gasteiger partial charge is 0.379 e. The van der Waals surface area contributed by atoms with E-state index in [1.807, 2.05) is 12.4 Å². The maximum absolute atomic E-state index is 5.57. The van der Waals surface area contributed by atoms with Crippen molar-refractivity contribution in [2.45, 2.75) is 44.1 Å². The van der Waals surface area contributed by atoms with E-state index in [1.165, 1.54) is 44.2 Å². The molecule has 1 aliphatic carbocycles. The maximum atomic E-state index is 5.57. The molecule has 0 atom stereocenters. The normalized spacial score (nSPS) is 23.0. The highest BCUT2D eigenvalue weighted by molar-refractivity contribution is 5.03. The summed E-state index contributed by atoms with van der Waals surface area (Å²) in [4.78, 5) is 5.25. The van der Waals surface area contributed by atoms with Crippen LogP contribution in [-0.4, -0.2) is 72.0 Å². The van der Waals surface area contributed by atoms with Crippen molar-refractivity contribution in [3.05, 3.63) is 18.0 Å². The van der Waals surface area contributed by atoms with Crippen molar-refractivity contribution in [2.24, 2.45) is 0 Å². The highest BCUT2D eigenvalue weighted by Crippen LogP contribution is 2.35. The van der Waals surface area contributed by atoms with E-state index in [-0.39, 0.29) is 0 Å². The molecule has 5 nitrogen and oxygen atoms in total. The van der Waals surface area contributed by atoms with E-state index in [0.717, 1.165) is 39.3 Å². The van der Waals surface area contributed by atoms with Crippen LogP contribution in [0.3, 0.4) is 0 Å². The average molecular weight is 306 g/mol. The zero-order valence-electron chi connectivity index (χ0n) is 13.9. The summed E-state index contributed by atoms with van der Waals surface area (Å²) in [5.41, 5.74) is 1.68. The fourth-order valence-corrected chi connectivity index (χ4v) is 4.14. The molecule has 22 heavy (non-hydrogen) atoms. The summed E-state index contributed by atoms with van der Waals surface area (Å²) >= 11 is 0. The highest BCUT2D eigenvalue weighted by atomic mass is 16.5. The molecule has 2 heterocycles. The van der Waals surface area contributed by atoms with E-state index in [4.69, 9.17) is 4.74 Å². The number of likely N-dealkylation sites (N-methyl/N-ethyl adjacent to an activating group) is 1. The van der Waals surface area contributed by atoms with Crippen LogP contribution in [0.2, 0.25) is 0 Å².